The fraction of sp³-hybridized carbons (Fsp3) is 0.188. The SMILES string of the molecule is Cc1cccn2cc(C[S@@](=O)Cc3nc(-c4ccoc4)no3)nc12. The van der Waals surface area contributed by atoms with E-state index < -0.39 is 10.8 Å². The van der Waals surface area contributed by atoms with Crippen molar-refractivity contribution in [3.05, 3.63) is 60.3 Å². The van der Waals surface area contributed by atoms with E-state index in [1.165, 1.54) is 12.5 Å². The van der Waals surface area contributed by atoms with Crippen LogP contribution in [0.5, 0.6) is 0 Å². The Bertz CT molecular complexity index is 1000. The van der Waals surface area contributed by atoms with Crippen molar-refractivity contribution in [1.82, 2.24) is 19.5 Å². The molecule has 8 heteroatoms. The van der Waals surface area contributed by atoms with Crippen molar-refractivity contribution in [2.45, 2.75) is 18.4 Å². The number of rotatable bonds is 5. The second-order valence-electron chi connectivity index (χ2n) is 5.41. The summed E-state index contributed by atoms with van der Waals surface area (Å²) >= 11 is 0. The molecule has 4 aromatic rings. The summed E-state index contributed by atoms with van der Waals surface area (Å²) < 4.78 is 24.4. The van der Waals surface area contributed by atoms with Crippen LogP contribution in [0.1, 0.15) is 17.1 Å². The molecule has 122 valence electrons. The van der Waals surface area contributed by atoms with Crippen LogP contribution in [-0.4, -0.2) is 23.7 Å². The number of imidazole rings is 1. The number of pyridine rings is 1. The number of hydrogen-bond acceptors (Lipinski definition) is 6. The Labute approximate surface area is 139 Å². The molecule has 1 atom stereocenters. The molecule has 0 spiro atoms. The molecule has 0 aliphatic rings. The van der Waals surface area contributed by atoms with E-state index in [0.29, 0.717) is 17.5 Å². The minimum absolute atomic E-state index is 0.192. The van der Waals surface area contributed by atoms with Crippen LogP contribution < -0.4 is 0 Å². The van der Waals surface area contributed by atoms with Gasteiger partial charge in [-0.25, -0.2) is 4.98 Å². The highest BCUT2D eigenvalue weighted by molar-refractivity contribution is 7.83. The molecule has 0 aliphatic heterocycles. The van der Waals surface area contributed by atoms with Gasteiger partial charge in [0.25, 0.3) is 0 Å². The van der Waals surface area contributed by atoms with Crippen molar-refractivity contribution in [2.75, 3.05) is 0 Å². The summed E-state index contributed by atoms with van der Waals surface area (Å²) in [5.41, 5.74) is 3.46. The van der Waals surface area contributed by atoms with Crippen molar-refractivity contribution < 1.29 is 13.1 Å². The maximum absolute atomic E-state index is 12.4. The summed E-state index contributed by atoms with van der Waals surface area (Å²) in [6.45, 7) is 2.00. The quantitative estimate of drug-likeness (QED) is 0.554. The summed E-state index contributed by atoms with van der Waals surface area (Å²) in [5, 5.41) is 3.86. The predicted octanol–water partition coefficient (Wildman–Crippen LogP) is 2.73. The summed E-state index contributed by atoms with van der Waals surface area (Å²) in [6, 6.07) is 5.70. The highest BCUT2D eigenvalue weighted by Crippen LogP contribution is 2.17. The van der Waals surface area contributed by atoms with Gasteiger partial charge in [0.05, 0.1) is 23.3 Å². The zero-order chi connectivity index (χ0) is 16.5. The van der Waals surface area contributed by atoms with E-state index >= 15 is 0 Å². The molecule has 4 heterocycles. The van der Waals surface area contributed by atoms with Crippen LogP contribution in [0.2, 0.25) is 0 Å². The normalized spacial score (nSPS) is 12.7. The minimum Gasteiger partial charge on any atom is -0.472 e. The average molecular weight is 342 g/mol. The number of nitrogens with zero attached hydrogens (tertiary/aromatic N) is 4. The highest BCUT2D eigenvalue weighted by Gasteiger charge is 2.14. The molecular weight excluding hydrogens is 328 g/mol. The lowest BCUT2D eigenvalue weighted by atomic mass is 10.3. The Hall–Kier alpha value is -2.74. The molecule has 0 saturated heterocycles. The van der Waals surface area contributed by atoms with E-state index in [1.54, 1.807) is 6.07 Å². The zero-order valence-electron chi connectivity index (χ0n) is 12.9. The van der Waals surface area contributed by atoms with E-state index in [-0.39, 0.29) is 5.75 Å². The largest absolute Gasteiger partial charge is 0.472 e. The zero-order valence-corrected chi connectivity index (χ0v) is 13.7. The third-order valence-corrected chi connectivity index (χ3v) is 4.76. The summed E-state index contributed by atoms with van der Waals surface area (Å²) in [4.78, 5) is 8.77. The lowest BCUT2D eigenvalue weighted by molar-refractivity contribution is 0.390. The standard InChI is InChI=1S/C16H14N4O3S/c1-11-3-2-5-20-7-13(17-16(11)20)9-24(21)10-14-18-15(19-23-14)12-4-6-22-8-12/h2-8H,9-10H2,1H3/t24-/m1/s1. The van der Waals surface area contributed by atoms with Crippen LogP contribution in [0.25, 0.3) is 17.0 Å². The molecule has 0 N–H and O–H groups in total. The van der Waals surface area contributed by atoms with Gasteiger partial charge in [-0.1, -0.05) is 11.2 Å². The van der Waals surface area contributed by atoms with E-state index in [9.17, 15) is 4.21 Å². The molecule has 4 rings (SSSR count). The van der Waals surface area contributed by atoms with Crippen molar-refractivity contribution in [3.8, 4) is 11.4 Å². The minimum atomic E-state index is -1.18. The lowest BCUT2D eigenvalue weighted by Gasteiger charge is -1.95. The van der Waals surface area contributed by atoms with Gasteiger partial charge in [0.2, 0.25) is 11.7 Å². The number of aryl methyl sites for hydroxylation is 1. The number of furan rings is 1. The van der Waals surface area contributed by atoms with Crippen LogP contribution in [0.3, 0.4) is 0 Å². The van der Waals surface area contributed by atoms with Gasteiger partial charge >= 0.3 is 0 Å². The smallest absolute Gasteiger partial charge is 0.239 e. The lowest BCUT2D eigenvalue weighted by Crippen LogP contribution is -2.00. The summed E-state index contributed by atoms with van der Waals surface area (Å²) in [7, 11) is -1.18. The monoisotopic (exact) mass is 342 g/mol. The van der Waals surface area contributed by atoms with E-state index in [0.717, 1.165) is 22.5 Å². The Kier molecular flexibility index (Phi) is 3.73. The van der Waals surface area contributed by atoms with Gasteiger partial charge in [0.1, 0.15) is 17.7 Å². The van der Waals surface area contributed by atoms with Crippen molar-refractivity contribution in [2.24, 2.45) is 0 Å². The molecule has 24 heavy (non-hydrogen) atoms. The molecule has 0 unspecified atom stereocenters. The highest BCUT2D eigenvalue weighted by atomic mass is 32.2. The molecule has 0 radical (unpaired) electrons. The Morgan fingerprint density at radius 2 is 2.17 bits per heavy atom. The fourth-order valence-electron chi connectivity index (χ4n) is 2.45. The summed E-state index contributed by atoms with van der Waals surface area (Å²) in [6.07, 6.45) is 6.89. The molecule has 7 nitrogen and oxygen atoms in total. The molecule has 0 fully saturated rings. The fourth-order valence-corrected chi connectivity index (χ4v) is 3.41. The first kappa shape index (κ1) is 14.8. The van der Waals surface area contributed by atoms with Crippen molar-refractivity contribution in [3.63, 3.8) is 0 Å². The second kappa shape index (κ2) is 6.04. The molecular formula is C16H14N4O3S. The molecule has 0 aliphatic carbocycles. The maximum Gasteiger partial charge on any atom is 0.239 e. The first-order valence-electron chi connectivity index (χ1n) is 7.32. The second-order valence-corrected chi connectivity index (χ2v) is 6.86. The van der Waals surface area contributed by atoms with Crippen molar-refractivity contribution in [1.29, 1.82) is 0 Å². The van der Waals surface area contributed by atoms with Gasteiger partial charge in [-0.2, -0.15) is 4.98 Å². The van der Waals surface area contributed by atoms with E-state index in [1.807, 2.05) is 35.9 Å². The third kappa shape index (κ3) is 2.88. The van der Waals surface area contributed by atoms with Crippen LogP contribution >= 0.6 is 0 Å². The first-order valence-corrected chi connectivity index (χ1v) is 8.81. The molecule has 0 bridgehead atoms. The van der Waals surface area contributed by atoms with Crippen LogP contribution in [0.15, 0.2) is 52.1 Å². The van der Waals surface area contributed by atoms with Crippen molar-refractivity contribution >= 4 is 16.4 Å². The maximum atomic E-state index is 12.4. The number of hydrogen-bond donors (Lipinski definition) is 0. The number of fused-ring (bicyclic) bond motifs is 1. The Morgan fingerprint density at radius 1 is 1.25 bits per heavy atom. The van der Waals surface area contributed by atoms with E-state index in [4.69, 9.17) is 8.94 Å². The van der Waals surface area contributed by atoms with Crippen LogP contribution in [0.4, 0.5) is 0 Å². The van der Waals surface area contributed by atoms with Crippen LogP contribution in [0, 0.1) is 6.92 Å². The van der Waals surface area contributed by atoms with Gasteiger partial charge in [0, 0.05) is 23.2 Å². The summed E-state index contributed by atoms with van der Waals surface area (Å²) in [5.74, 6) is 1.30. The molecule has 0 amide bonds. The predicted molar refractivity (Wildman–Crippen MR) is 87.5 cm³/mol. The van der Waals surface area contributed by atoms with Gasteiger partial charge in [0.15, 0.2) is 0 Å². The average Bonchev–Trinajstić information content (AvgIpc) is 3.26. The first-order chi connectivity index (χ1) is 11.7. The van der Waals surface area contributed by atoms with Gasteiger partial charge in [-0.15, -0.1) is 0 Å². The third-order valence-electron chi connectivity index (χ3n) is 3.57. The van der Waals surface area contributed by atoms with Gasteiger partial charge in [-0.05, 0) is 24.6 Å². The molecule has 4 aromatic heterocycles. The topological polar surface area (TPSA) is 86.4 Å². The Morgan fingerprint density at radius 3 is 2.96 bits per heavy atom. The van der Waals surface area contributed by atoms with Gasteiger partial charge < -0.3 is 13.3 Å². The number of aromatic nitrogens is 4. The molecule has 0 aromatic carbocycles. The van der Waals surface area contributed by atoms with Gasteiger partial charge in [-0.3, -0.25) is 4.21 Å². The molecule has 0 saturated carbocycles. The van der Waals surface area contributed by atoms with E-state index in [2.05, 4.69) is 15.1 Å². The Balaban J connectivity index is 1.47. The van der Waals surface area contributed by atoms with Crippen LogP contribution in [-0.2, 0) is 22.3 Å².